The minimum absolute atomic E-state index is 0.0498. The number of benzene rings is 3. The highest BCUT2D eigenvalue weighted by atomic mass is 32.2. The number of rotatable bonds is 4. The molecular formula is C23H17N3OS2. The summed E-state index contributed by atoms with van der Waals surface area (Å²) in [6.45, 7) is 2.04. The molecule has 0 atom stereocenters. The second-order valence-electron chi connectivity index (χ2n) is 6.75. The number of nitrogens with zero attached hydrogens (tertiary/aromatic N) is 3. The Balaban J connectivity index is 1.60. The summed E-state index contributed by atoms with van der Waals surface area (Å²) in [5.74, 6) is 0.663. The van der Waals surface area contributed by atoms with E-state index >= 15 is 0 Å². The van der Waals surface area contributed by atoms with Crippen molar-refractivity contribution in [2.24, 2.45) is 0 Å². The summed E-state index contributed by atoms with van der Waals surface area (Å²) in [5.41, 5.74) is 3.65. The third-order valence-electron chi connectivity index (χ3n) is 4.70. The van der Waals surface area contributed by atoms with Crippen LogP contribution in [0.15, 0.2) is 82.7 Å². The highest BCUT2D eigenvalue weighted by molar-refractivity contribution is 7.98. The minimum Gasteiger partial charge on any atom is -0.268 e. The number of fused-ring (bicyclic) bond motifs is 2. The Kier molecular flexibility index (Phi) is 4.66. The lowest BCUT2D eigenvalue weighted by atomic mass is 10.2. The van der Waals surface area contributed by atoms with Crippen molar-refractivity contribution in [3.63, 3.8) is 0 Å². The zero-order valence-electron chi connectivity index (χ0n) is 15.7. The third-order valence-corrected chi connectivity index (χ3v) is 6.87. The van der Waals surface area contributed by atoms with Gasteiger partial charge in [-0.2, -0.15) is 0 Å². The van der Waals surface area contributed by atoms with E-state index < -0.39 is 0 Å². The highest BCUT2D eigenvalue weighted by Gasteiger charge is 2.14. The summed E-state index contributed by atoms with van der Waals surface area (Å²) in [6, 6.07) is 23.6. The number of thioether (sulfide) groups is 1. The van der Waals surface area contributed by atoms with Gasteiger partial charge in [-0.15, -0.1) is 11.3 Å². The van der Waals surface area contributed by atoms with Gasteiger partial charge in [0.2, 0.25) is 0 Å². The summed E-state index contributed by atoms with van der Waals surface area (Å²) in [5, 5.41) is 2.32. The summed E-state index contributed by atoms with van der Waals surface area (Å²) in [4.78, 5) is 22.8. The maximum absolute atomic E-state index is 13.3. The molecule has 6 heteroatoms. The molecule has 5 rings (SSSR count). The van der Waals surface area contributed by atoms with Crippen molar-refractivity contribution in [1.29, 1.82) is 0 Å². The van der Waals surface area contributed by atoms with Crippen LogP contribution in [0.25, 0.3) is 26.8 Å². The molecule has 0 bridgehead atoms. The van der Waals surface area contributed by atoms with Gasteiger partial charge in [0.1, 0.15) is 5.01 Å². The average Bonchev–Trinajstić information content (AvgIpc) is 3.16. The first-order valence-electron chi connectivity index (χ1n) is 9.25. The Morgan fingerprint density at radius 1 is 0.897 bits per heavy atom. The van der Waals surface area contributed by atoms with Crippen molar-refractivity contribution in [3.8, 4) is 5.69 Å². The van der Waals surface area contributed by atoms with Gasteiger partial charge >= 0.3 is 0 Å². The molecule has 0 aliphatic carbocycles. The number of hydrogen-bond donors (Lipinski definition) is 0. The highest BCUT2D eigenvalue weighted by Crippen LogP contribution is 2.29. The molecule has 0 amide bonds. The van der Waals surface area contributed by atoms with Gasteiger partial charge in [-0.1, -0.05) is 53.7 Å². The van der Waals surface area contributed by atoms with Gasteiger partial charge in [0.05, 0.1) is 32.6 Å². The van der Waals surface area contributed by atoms with E-state index in [1.54, 1.807) is 27.7 Å². The average molecular weight is 416 g/mol. The van der Waals surface area contributed by atoms with E-state index in [-0.39, 0.29) is 5.56 Å². The lowest BCUT2D eigenvalue weighted by molar-refractivity contribution is 0.819. The van der Waals surface area contributed by atoms with Gasteiger partial charge in [-0.25, -0.2) is 9.97 Å². The zero-order valence-corrected chi connectivity index (χ0v) is 17.3. The molecule has 0 N–H and O–H groups in total. The van der Waals surface area contributed by atoms with Crippen molar-refractivity contribution in [1.82, 2.24) is 14.5 Å². The molecule has 142 valence electrons. The predicted molar refractivity (Wildman–Crippen MR) is 121 cm³/mol. The molecule has 0 spiro atoms. The maximum Gasteiger partial charge on any atom is 0.266 e. The largest absolute Gasteiger partial charge is 0.268 e. The topological polar surface area (TPSA) is 47.8 Å². The third kappa shape index (κ3) is 3.45. The molecule has 29 heavy (non-hydrogen) atoms. The van der Waals surface area contributed by atoms with Crippen LogP contribution in [0.2, 0.25) is 0 Å². The van der Waals surface area contributed by atoms with E-state index in [0.29, 0.717) is 21.8 Å². The number of aryl methyl sites for hydroxylation is 1. The van der Waals surface area contributed by atoms with Crippen LogP contribution in [-0.2, 0) is 5.75 Å². The number of aromatic nitrogens is 3. The molecule has 0 fully saturated rings. The molecule has 0 aliphatic rings. The minimum atomic E-state index is -0.0498. The predicted octanol–water partition coefficient (Wildman–Crippen LogP) is 5.60. The molecule has 0 unspecified atom stereocenters. The van der Waals surface area contributed by atoms with E-state index in [9.17, 15) is 4.79 Å². The van der Waals surface area contributed by atoms with Crippen LogP contribution in [0.4, 0.5) is 0 Å². The lowest BCUT2D eigenvalue weighted by Gasteiger charge is -2.13. The molecule has 2 aromatic heterocycles. The summed E-state index contributed by atoms with van der Waals surface area (Å²) in [6.07, 6.45) is 0. The second-order valence-corrected chi connectivity index (χ2v) is 8.81. The van der Waals surface area contributed by atoms with E-state index in [1.807, 2.05) is 73.7 Å². The Labute approximate surface area is 175 Å². The van der Waals surface area contributed by atoms with Crippen molar-refractivity contribution < 1.29 is 0 Å². The second kappa shape index (κ2) is 7.46. The first kappa shape index (κ1) is 18.1. The van der Waals surface area contributed by atoms with Crippen LogP contribution in [-0.4, -0.2) is 14.5 Å². The first-order valence-corrected chi connectivity index (χ1v) is 11.1. The van der Waals surface area contributed by atoms with E-state index in [1.165, 1.54) is 4.70 Å². The van der Waals surface area contributed by atoms with Crippen LogP contribution in [0.3, 0.4) is 0 Å². The van der Waals surface area contributed by atoms with Gasteiger partial charge in [-0.05, 0) is 43.3 Å². The van der Waals surface area contributed by atoms with Crippen molar-refractivity contribution in [2.45, 2.75) is 17.8 Å². The summed E-state index contributed by atoms with van der Waals surface area (Å²) < 4.78 is 2.88. The quantitative estimate of drug-likeness (QED) is 0.283. The molecule has 0 radical (unpaired) electrons. The maximum atomic E-state index is 13.3. The Hall–Kier alpha value is -2.96. The van der Waals surface area contributed by atoms with Gasteiger partial charge in [-0.3, -0.25) is 9.36 Å². The van der Waals surface area contributed by atoms with Crippen LogP contribution < -0.4 is 5.56 Å². The first-order chi connectivity index (χ1) is 14.2. The van der Waals surface area contributed by atoms with Crippen molar-refractivity contribution >= 4 is 44.2 Å². The molecule has 0 saturated heterocycles. The summed E-state index contributed by atoms with van der Waals surface area (Å²) in [7, 11) is 0. The SMILES string of the molecule is Cc1ccc(-n2c(SCc3nc4ccccc4s3)nc3ccccc3c2=O)cc1. The number of hydrogen-bond acceptors (Lipinski definition) is 5. The van der Waals surface area contributed by atoms with Crippen LogP contribution in [0.5, 0.6) is 0 Å². The fourth-order valence-corrected chi connectivity index (χ4v) is 5.21. The lowest BCUT2D eigenvalue weighted by Crippen LogP contribution is -2.21. The van der Waals surface area contributed by atoms with E-state index in [4.69, 9.17) is 9.97 Å². The fourth-order valence-electron chi connectivity index (χ4n) is 3.24. The molecule has 4 nitrogen and oxygen atoms in total. The van der Waals surface area contributed by atoms with Gasteiger partial charge in [0.15, 0.2) is 5.16 Å². The summed E-state index contributed by atoms with van der Waals surface area (Å²) >= 11 is 3.22. The molecular weight excluding hydrogens is 398 g/mol. The fraction of sp³-hybridized carbons (Fsp3) is 0.0870. The van der Waals surface area contributed by atoms with E-state index in [0.717, 1.165) is 21.8 Å². The van der Waals surface area contributed by atoms with Gasteiger partial charge in [0, 0.05) is 0 Å². The normalized spacial score (nSPS) is 11.3. The molecule has 5 aromatic rings. The number of para-hydroxylation sites is 2. The molecule has 0 aliphatic heterocycles. The Bertz CT molecular complexity index is 1350. The Morgan fingerprint density at radius 3 is 2.41 bits per heavy atom. The van der Waals surface area contributed by atoms with Crippen LogP contribution in [0, 0.1) is 6.92 Å². The molecule has 0 saturated carbocycles. The molecule has 2 heterocycles. The van der Waals surface area contributed by atoms with Crippen LogP contribution >= 0.6 is 23.1 Å². The number of thiazole rings is 1. The standard InChI is InChI=1S/C23H17N3OS2/c1-15-10-12-16(13-11-15)26-22(27)17-6-2-3-7-18(17)25-23(26)28-14-21-24-19-8-4-5-9-20(19)29-21/h2-13H,14H2,1H3. The molecule has 3 aromatic carbocycles. The van der Waals surface area contributed by atoms with Gasteiger partial charge in [0.25, 0.3) is 5.56 Å². The monoisotopic (exact) mass is 415 g/mol. The van der Waals surface area contributed by atoms with Crippen molar-refractivity contribution in [2.75, 3.05) is 0 Å². The van der Waals surface area contributed by atoms with Crippen LogP contribution in [0.1, 0.15) is 10.6 Å². The van der Waals surface area contributed by atoms with E-state index in [2.05, 4.69) is 6.07 Å². The van der Waals surface area contributed by atoms with Gasteiger partial charge < -0.3 is 0 Å². The van der Waals surface area contributed by atoms with Crippen molar-refractivity contribution in [3.05, 3.63) is 93.7 Å². The zero-order chi connectivity index (χ0) is 19.8. The smallest absolute Gasteiger partial charge is 0.266 e. The Morgan fingerprint density at radius 2 is 1.62 bits per heavy atom.